The van der Waals surface area contributed by atoms with Gasteiger partial charge < -0.3 is 9.64 Å². The molecular formula is C13H17N5O3S. The number of rotatable bonds is 6. The summed E-state index contributed by atoms with van der Waals surface area (Å²) in [7, 11) is 3.30. The molecule has 0 bridgehead atoms. The number of aryl methyl sites for hydroxylation is 1. The molecule has 0 atom stereocenters. The number of aromatic nitrogens is 4. The minimum atomic E-state index is -0.550. The van der Waals surface area contributed by atoms with E-state index in [9.17, 15) is 9.59 Å². The molecule has 2 aromatic heterocycles. The average Bonchev–Trinajstić information content (AvgIpc) is 3.08. The van der Waals surface area contributed by atoms with Gasteiger partial charge in [0.05, 0.1) is 24.0 Å². The highest BCUT2D eigenvalue weighted by Crippen LogP contribution is 2.12. The van der Waals surface area contributed by atoms with Crippen LogP contribution in [0.5, 0.6) is 0 Å². The van der Waals surface area contributed by atoms with Crippen LogP contribution in [0.25, 0.3) is 0 Å². The molecule has 118 valence electrons. The molecule has 0 radical (unpaired) electrons. The lowest BCUT2D eigenvalue weighted by Gasteiger charge is -2.08. The Morgan fingerprint density at radius 3 is 2.82 bits per heavy atom. The summed E-state index contributed by atoms with van der Waals surface area (Å²) in [6.45, 7) is 2.21. The summed E-state index contributed by atoms with van der Waals surface area (Å²) < 4.78 is 6.46. The lowest BCUT2D eigenvalue weighted by atomic mass is 10.3. The molecule has 0 spiro atoms. The Morgan fingerprint density at radius 1 is 1.41 bits per heavy atom. The van der Waals surface area contributed by atoms with Gasteiger partial charge >= 0.3 is 5.97 Å². The van der Waals surface area contributed by atoms with Crippen LogP contribution in [0, 0.1) is 6.92 Å². The summed E-state index contributed by atoms with van der Waals surface area (Å²) in [5.41, 5.74) is 2.81. The molecule has 0 aliphatic rings. The van der Waals surface area contributed by atoms with Crippen molar-refractivity contribution in [3.05, 3.63) is 28.0 Å². The zero-order valence-electron chi connectivity index (χ0n) is 12.6. The van der Waals surface area contributed by atoms with E-state index in [1.54, 1.807) is 19.6 Å². The first kappa shape index (κ1) is 16.1. The molecule has 8 nitrogen and oxygen atoms in total. The fraction of sp³-hybridized carbons (Fsp3) is 0.462. The SMILES string of the molecule is Cc1ncsc1CCOC(=O)c1cn(CC(=O)N(C)C)nn1. The summed E-state index contributed by atoms with van der Waals surface area (Å²) >= 11 is 1.53. The first-order valence-electron chi connectivity index (χ1n) is 6.63. The molecule has 0 aliphatic carbocycles. The minimum absolute atomic E-state index is 0.0351. The van der Waals surface area contributed by atoms with Gasteiger partial charge in [-0.05, 0) is 6.92 Å². The highest BCUT2D eigenvalue weighted by atomic mass is 32.1. The highest BCUT2D eigenvalue weighted by Gasteiger charge is 2.14. The maximum absolute atomic E-state index is 11.8. The van der Waals surface area contributed by atoms with E-state index in [2.05, 4.69) is 15.3 Å². The number of amides is 1. The Hall–Kier alpha value is -2.29. The number of esters is 1. The van der Waals surface area contributed by atoms with Crippen LogP contribution in [0.3, 0.4) is 0 Å². The normalized spacial score (nSPS) is 10.5. The molecular weight excluding hydrogens is 306 g/mol. The van der Waals surface area contributed by atoms with Gasteiger partial charge in [0.2, 0.25) is 5.91 Å². The maximum Gasteiger partial charge on any atom is 0.360 e. The van der Waals surface area contributed by atoms with Crippen molar-refractivity contribution in [1.29, 1.82) is 0 Å². The lowest BCUT2D eigenvalue weighted by Crippen LogP contribution is -2.26. The van der Waals surface area contributed by atoms with Crippen molar-refractivity contribution in [1.82, 2.24) is 24.9 Å². The van der Waals surface area contributed by atoms with E-state index in [4.69, 9.17) is 4.74 Å². The molecule has 0 N–H and O–H groups in total. The van der Waals surface area contributed by atoms with E-state index in [1.807, 2.05) is 6.92 Å². The van der Waals surface area contributed by atoms with Gasteiger partial charge in [-0.2, -0.15) is 0 Å². The van der Waals surface area contributed by atoms with Crippen LogP contribution in [0.4, 0.5) is 0 Å². The summed E-state index contributed by atoms with van der Waals surface area (Å²) in [5, 5.41) is 7.46. The Morgan fingerprint density at radius 2 is 2.18 bits per heavy atom. The average molecular weight is 323 g/mol. The molecule has 2 aromatic rings. The Kier molecular flexibility index (Phi) is 5.21. The van der Waals surface area contributed by atoms with Gasteiger partial charge in [0.15, 0.2) is 5.69 Å². The molecule has 0 aliphatic heterocycles. The number of hydrogen-bond donors (Lipinski definition) is 0. The lowest BCUT2D eigenvalue weighted by molar-refractivity contribution is -0.129. The Balaban J connectivity index is 1.84. The van der Waals surface area contributed by atoms with Gasteiger partial charge in [0.25, 0.3) is 0 Å². The van der Waals surface area contributed by atoms with Crippen LogP contribution in [-0.4, -0.2) is 57.5 Å². The second-order valence-electron chi connectivity index (χ2n) is 4.84. The van der Waals surface area contributed by atoms with Gasteiger partial charge in [-0.3, -0.25) is 4.79 Å². The fourth-order valence-corrected chi connectivity index (χ4v) is 2.39. The third-order valence-electron chi connectivity index (χ3n) is 2.95. The summed E-state index contributed by atoms with van der Waals surface area (Å²) in [5.74, 6) is -0.684. The van der Waals surface area contributed by atoms with E-state index in [0.29, 0.717) is 6.42 Å². The van der Waals surface area contributed by atoms with Gasteiger partial charge in [0, 0.05) is 25.4 Å². The monoisotopic (exact) mass is 323 g/mol. The van der Waals surface area contributed by atoms with Crippen LogP contribution >= 0.6 is 11.3 Å². The van der Waals surface area contributed by atoms with Crippen molar-refractivity contribution < 1.29 is 14.3 Å². The van der Waals surface area contributed by atoms with Gasteiger partial charge in [0.1, 0.15) is 6.54 Å². The van der Waals surface area contributed by atoms with Gasteiger partial charge in [-0.15, -0.1) is 16.4 Å². The number of nitrogens with zero attached hydrogens (tertiary/aromatic N) is 5. The molecule has 0 unspecified atom stereocenters. The summed E-state index contributed by atoms with van der Waals surface area (Å²) in [4.78, 5) is 30.1. The molecule has 1 amide bonds. The first-order chi connectivity index (χ1) is 10.5. The van der Waals surface area contributed by atoms with E-state index in [0.717, 1.165) is 10.6 Å². The molecule has 2 heterocycles. The van der Waals surface area contributed by atoms with Crippen molar-refractivity contribution in [2.24, 2.45) is 0 Å². The molecule has 0 aromatic carbocycles. The topological polar surface area (TPSA) is 90.2 Å². The van der Waals surface area contributed by atoms with Crippen molar-refractivity contribution in [3.8, 4) is 0 Å². The van der Waals surface area contributed by atoms with E-state index >= 15 is 0 Å². The number of likely N-dealkylation sites (N-methyl/N-ethyl adjacent to an activating group) is 1. The molecule has 0 saturated carbocycles. The van der Waals surface area contributed by atoms with Crippen LogP contribution in [0.2, 0.25) is 0 Å². The molecule has 0 saturated heterocycles. The Bertz CT molecular complexity index is 664. The second-order valence-corrected chi connectivity index (χ2v) is 5.78. The number of carbonyl (C=O) groups is 2. The van der Waals surface area contributed by atoms with Crippen molar-refractivity contribution in [2.45, 2.75) is 19.9 Å². The van der Waals surface area contributed by atoms with Crippen molar-refractivity contribution >= 4 is 23.2 Å². The smallest absolute Gasteiger partial charge is 0.360 e. The zero-order chi connectivity index (χ0) is 16.1. The van der Waals surface area contributed by atoms with Gasteiger partial charge in [-0.1, -0.05) is 5.21 Å². The van der Waals surface area contributed by atoms with Gasteiger partial charge in [-0.25, -0.2) is 14.5 Å². The largest absolute Gasteiger partial charge is 0.460 e. The predicted octanol–water partition coefficient (Wildman–Crippen LogP) is 0.531. The highest BCUT2D eigenvalue weighted by molar-refractivity contribution is 7.09. The van der Waals surface area contributed by atoms with Crippen LogP contribution < -0.4 is 0 Å². The first-order valence-corrected chi connectivity index (χ1v) is 7.51. The van der Waals surface area contributed by atoms with Crippen molar-refractivity contribution in [3.63, 3.8) is 0 Å². The van der Waals surface area contributed by atoms with E-state index in [1.165, 1.54) is 27.1 Å². The molecule has 2 rings (SSSR count). The standard InChI is InChI=1S/C13H17N5O3S/c1-9-11(22-8-14-9)4-5-21-13(20)10-6-18(16-15-10)7-12(19)17(2)3/h6,8H,4-5,7H2,1-3H3. The molecule has 9 heteroatoms. The second kappa shape index (κ2) is 7.12. The molecule has 0 fully saturated rings. The van der Waals surface area contributed by atoms with Crippen LogP contribution in [0.15, 0.2) is 11.7 Å². The minimum Gasteiger partial charge on any atom is -0.460 e. The number of ether oxygens (including phenoxy) is 1. The summed E-state index contributed by atoms with van der Waals surface area (Å²) in [6, 6.07) is 0. The number of thiazole rings is 1. The van der Waals surface area contributed by atoms with Crippen LogP contribution in [-0.2, 0) is 22.5 Å². The Labute approximate surface area is 131 Å². The van der Waals surface area contributed by atoms with E-state index < -0.39 is 5.97 Å². The van der Waals surface area contributed by atoms with Crippen molar-refractivity contribution in [2.75, 3.05) is 20.7 Å². The quantitative estimate of drug-likeness (QED) is 0.720. The third-order valence-corrected chi connectivity index (χ3v) is 3.95. The summed E-state index contributed by atoms with van der Waals surface area (Å²) in [6.07, 6.45) is 2.02. The van der Waals surface area contributed by atoms with E-state index in [-0.39, 0.29) is 24.8 Å². The maximum atomic E-state index is 11.8. The number of carbonyl (C=O) groups excluding carboxylic acids is 2. The molecule has 22 heavy (non-hydrogen) atoms. The van der Waals surface area contributed by atoms with Crippen LogP contribution in [0.1, 0.15) is 21.1 Å². The fourth-order valence-electron chi connectivity index (χ4n) is 1.63. The third kappa shape index (κ3) is 4.10. The predicted molar refractivity (Wildman–Crippen MR) is 79.6 cm³/mol. The number of hydrogen-bond acceptors (Lipinski definition) is 7. The zero-order valence-corrected chi connectivity index (χ0v) is 13.5.